The van der Waals surface area contributed by atoms with Gasteiger partial charge in [0.15, 0.2) is 0 Å². The number of rotatable bonds is 4. The van der Waals surface area contributed by atoms with Gasteiger partial charge in [-0.05, 0) is 30.3 Å². The SMILES string of the molecule is O=C(Nc1ccccc1)c1cnc(Nc2cc(C(F)(F)F)ccc2Cl)cn1. The summed E-state index contributed by atoms with van der Waals surface area (Å²) in [7, 11) is 0. The smallest absolute Gasteiger partial charge is 0.338 e. The first-order chi connectivity index (χ1) is 12.8. The molecule has 0 aliphatic carbocycles. The maximum Gasteiger partial charge on any atom is 0.416 e. The second-order valence-electron chi connectivity index (χ2n) is 5.42. The molecule has 0 spiro atoms. The highest BCUT2D eigenvalue weighted by molar-refractivity contribution is 6.33. The van der Waals surface area contributed by atoms with Crippen LogP contribution in [0.2, 0.25) is 5.02 Å². The molecule has 0 atom stereocenters. The largest absolute Gasteiger partial charge is 0.416 e. The van der Waals surface area contributed by atoms with Crippen molar-refractivity contribution in [2.24, 2.45) is 0 Å². The van der Waals surface area contributed by atoms with Crippen molar-refractivity contribution in [3.63, 3.8) is 0 Å². The molecule has 5 nitrogen and oxygen atoms in total. The highest BCUT2D eigenvalue weighted by atomic mass is 35.5. The van der Waals surface area contributed by atoms with E-state index in [1.807, 2.05) is 6.07 Å². The van der Waals surface area contributed by atoms with Crippen LogP contribution in [0.15, 0.2) is 60.9 Å². The van der Waals surface area contributed by atoms with E-state index in [-0.39, 0.29) is 22.2 Å². The first-order valence-electron chi connectivity index (χ1n) is 7.65. The van der Waals surface area contributed by atoms with E-state index in [1.165, 1.54) is 12.4 Å². The summed E-state index contributed by atoms with van der Waals surface area (Å²) in [5.41, 5.74) is -0.162. The van der Waals surface area contributed by atoms with E-state index in [2.05, 4.69) is 20.6 Å². The topological polar surface area (TPSA) is 66.9 Å². The Morgan fingerprint density at radius 1 is 1.00 bits per heavy atom. The van der Waals surface area contributed by atoms with Gasteiger partial charge in [-0.3, -0.25) is 4.79 Å². The zero-order valence-electron chi connectivity index (χ0n) is 13.6. The van der Waals surface area contributed by atoms with Crippen LogP contribution in [0.1, 0.15) is 16.1 Å². The summed E-state index contributed by atoms with van der Waals surface area (Å²) in [4.78, 5) is 20.1. The van der Waals surface area contributed by atoms with Crippen LogP contribution in [0.5, 0.6) is 0 Å². The van der Waals surface area contributed by atoms with Crippen molar-refractivity contribution in [1.82, 2.24) is 9.97 Å². The summed E-state index contributed by atoms with van der Waals surface area (Å²) in [5, 5.41) is 5.41. The second-order valence-corrected chi connectivity index (χ2v) is 5.83. The van der Waals surface area contributed by atoms with E-state index in [1.54, 1.807) is 24.3 Å². The molecule has 0 saturated heterocycles. The molecule has 0 aliphatic heterocycles. The van der Waals surface area contributed by atoms with Crippen molar-refractivity contribution < 1.29 is 18.0 Å². The summed E-state index contributed by atoms with van der Waals surface area (Å²) >= 11 is 5.93. The minimum Gasteiger partial charge on any atom is -0.338 e. The molecule has 27 heavy (non-hydrogen) atoms. The lowest BCUT2D eigenvalue weighted by atomic mass is 10.2. The maximum atomic E-state index is 12.8. The van der Waals surface area contributed by atoms with Crippen LogP contribution in [0.3, 0.4) is 0 Å². The van der Waals surface area contributed by atoms with Crippen LogP contribution < -0.4 is 10.6 Å². The molecule has 0 bridgehead atoms. The number of para-hydroxylation sites is 1. The molecule has 1 heterocycles. The molecule has 138 valence electrons. The van der Waals surface area contributed by atoms with E-state index < -0.39 is 17.6 Å². The quantitative estimate of drug-likeness (QED) is 0.644. The van der Waals surface area contributed by atoms with E-state index >= 15 is 0 Å². The average molecular weight is 393 g/mol. The Kier molecular flexibility index (Phi) is 5.27. The minimum absolute atomic E-state index is 0.0299. The van der Waals surface area contributed by atoms with Crippen LogP contribution in [-0.4, -0.2) is 15.9 Å². The van der Waals surface area contributed by atoms with E-state index in [9.17, 15) is 18.0 Å². The highest BCUT2D eigenvalue weighted by Gasteiger charge is 2.31. The second kappa shape index (κ2) is 7.63. The summed E-state index contributed by atoms with van der Waals surface area (Å²) in [5.74, 6) is -0.315. The fraction of sp³-hybridized carbons (Fsp3) is 0.0556. The summed E-state index contributed by atoms with van der Waals surface area (Å²) in [6.07, 6.45) is -2.05. The Morgan fingerprint density at radius 3 is 2.37 bits per heavy atom. The van der Waals surface area contributed by atoms with Gasteiger partial charge in [0.2, 0.25) is 0 Å². The van der Waals surface area contributed by atoms with Crippen LogP contribution >= 0.6 is 11.6 Å². The third-order valence-corrected chi connectivity index (χ3v) is 3.80. The first-order valence-corrected chi connectivity index (χ1v) is 8.03. The zero-order valence-corrected chi connectivity index (χ0v) is 14.3. The van der Waals surface area contributed by atoms with Crippen molar-refractivity contribution >= 4 is 34.7 Å². The Labute approximate surface area is 157 Å². The van der Waals surface area contributed by atoms with Gasteiger partial charge < -0.3 is 10.6 Å². The number of benzene rings is 2. The number of carbonyl (C=O) groups is 1. The third kappa shape index (κ3) is 4.73. The van der Waals surface area contributed by atoms with Gasteiger partial charge in [0.05, 0.1) is 28.7 Å². The molecule has 2 aromatic carbocycles. The van der Waals surface area contributed by atoms with Crippen LogP contribution in [0.4, 0.5) is 30.4 Å². The number of amides is 1. The Hall–Kier alpha value is -3.13. The maximum absolute atomic E-state index is 12.8. The van der Waals surface area contributed by atoms with Crippen molar-refractivity contribution in [1.29, 1.82) is 0 Å². The monoisotopic (exact) mass is 392 g/mol. The number of carbonyl (C=O) groups excluding carboxylic acids is 1. The number of aromatic nitrogens is 2. The van der Waals surface area contributed by atoms with Crippen LogP contribution in [0.25, 0.3) is 0 Å². The first kappa shape index (κ1) is 18.7. The van der Waals surface area contributed by atoms with E-state index in [4.69, 9.17) is 11.6 Å². The third-order valence-electron chi connectivity index (χ3n) is 3.47. The van der Waals surface area contributed by atoms with Crippen molar-refractivity contribution in [2.45, 2.75) is 6.18 Å². The number of alkyl halides is 3. The predicted octanol–water partition coefficient (Wildman–Crippen LogP) is 5.14. The van der Waals surface area contributed by atoms with E-state index in [0.717, 1.165) is 18.2 Å². The molecule has 0 aliphatic rings. The fourth-order valence-corrected chi connectivity index (χ4v) is 2.33. The van der Waals surface area contributed by atoms with Gasteiger partial charge in [-0.1, -0.05) is 29.8 Å². The lowest BCUT2D eigenvalue weighted by Gasteiger charge is -2.12. The molecule has 1 aromatic heterocycles. The van der Waals surface area contributed by atoms with Gasteiger partial charge in [-0.2, -0.15) is 13.2 Å². The van der Waals surface area contributed by atoms with Gasteiger partial charge in [-0.25, -0.2) is 9.97 Å². The van der Waals surface area contributed by atoms with Gasteiger partial charge in [-0.15, -0.1) is 0 Å². The lowest BCUT2D eigenvalue weighted by molar-refractivity contribution is -0.137. The predicted molar refractivity (Wildman–Crippen MR) is 96.2 cm³/mol. The van der Waals surface area contributed by atoms with Crippen molar-refractivity contribution in [3.05, 3.63) is 77.2 Å². The molecular formula is C18H12ClF3N4O. The van der Waals surface area contributed by atoms with Gasteiger partial charge >= 0.3 is 6.18 Å². The van der Waals surface area contributed by atoms with Gasteiger partial charge in [0.25, 0.3) is 5.91 Å². The minimum atomic E-state index is -4.49. The fourth-order valence-electron chi connectivity index (χ4n) is 2.16. The molecule has 3 aromatic rings. The lowest BCUT2D eigenvalue weighted by Crippen LogP contribution is -2.14. The number of nitrogens with zero attached hydrogens (tertiary/aromatic N) is 2. The number of nitrogens with one attached hydrogen (secondary N) is 2. The number of anilines is 3. The zero-order chi connectivity index (χ0) is 19.4. The molecule has 9 heteroatoms. The molecule has 3 rings (SSSR count). The highest BCUT2D eigenvalue weighted by Crippen LogP contribution is 2.34. The Bertz CT molecular complexity index is 947. The molecular weight excluding hydrogens is 381 g/mol. The number of halogens is 4. The number of hydrogen-bond donors (Lipinski definition) is 2. The number of hydrogen-bond acceptors (Lipinski definition) is 4. The summed E-state index contributed by atoms with van der Waals surface area (Å²) in [6, 6.07) is 11.7. The van der Waals surface area contributed by atoms with Crippen molar-refractivity contribution in [2.75, 3.05) is 10.6 Å². The normalized spacial score (nSPS) is 11.1. The van der Waals surface area contributed by atoms with Gasteiger partial charge in [0.1, 0.15) is 11.5 Å². The molecule has 1 amide bonds. The van der Waals surface area contributed by atoms with E-state index in [0.29, 0.717) is 5.69 Å². The molecule has 0 fully saturated rings. The Morgan fingerprint density at radius 2 is 1.74 bits per heavy atom. The van der Waals surface area contributed by atoms with Crippen LogP contribution in [-0.2, 0) is 6.18 Å². The standard InChI is InChI=1S/C18H12ClF3N4O/c19-13-7-6-11(18(20,21)22)8-14(13)26-16-10-23-15(9-24-16)17(27)25-12-4-2-1-3-5-12/h1-10H,(H,24,26)(H,25,27). The Balaban J connectivity index is 1.74. The average Bonchev–Trinajstić information content (AvgIpc) is 2.64. The van der Waals surface area contributed by atoms with Gasteiger partial charge in [0, 0.05) is 5.69 Å². The van der Waals surface area contributed by atoms with Crippen LogP contribution in [0, 0.1) is 0 Å². The summed E-state index contributed by atoms with van der Waals surface area (Å²) in [6.45, 7) is 0. The molecule has 2 N–H and O–H groups in total. The summed E-state index contributed by atoms with van der Waals surface area (Å²) < 4.78 is 38.4. The molecule has 0 radical (unpaired) electrons. The molecule has 0 unspecified atom stereocenters. The molecule has 0 saturated carbocycles. The van der Waals surface area contributed by atoms with Crippen molar-refractivity contribution in [3.8, 4) is 0 Å².